The van der Waals surface area contributed by atoms with Crippen LogP contribution in [0.1, 0.15) is 74.1 Å². The van der Waals surface area contributed by atoms with E-state index >= 15 is 0 Å². The minimum atomic E-state index is -1.44. The molecule has 7 nitrogen and oxygen atoms in total. The molecule has 2 N–H and O–H groups in total. The second-order valence-corrected chi connectivity index (χ2v) is 9.44. The van der Waals surface area contributed by atoms with Gasteiger partial charge in [-0.1, -0.05) is 18.9 Å². The van der Waals surface area contributed by atoms with Crippen LogP contribution in [0.25, 0.3) is 0 Å². The van der Waals surface area contributed by atoms with Gasteiger partial charge in [-0.15, -0.1) is 6.58 Å². The maximum atomic E-state index is 12.2. The van der Waals surface area contributed by atoms with E-state index in [1.54, 1.807) is 20.8 Å². The minimum Gasteiger partial charge on any atom is -0.479 e. The van der Waals surface area contributed by atoms with Crippen LogP contribution in [-0.2, 0) is 18.8 Å². The molecule has 0 spiro atoms. The van der Waals surface area contributed by atoms with Crippen LogP contribution < -0.4 is 5.32 Å². The highest BCUT2D eigenvalue weighted by Gasteiger charge is 2.50. The highest BCUT2D eigenvalue weighted by Crippen LogP contribution is 2.38. The van der Waals surface area contributed by atoms with E-state index in [9.17, 15) is 14.7 Å². The number of unbranched alkanes of at least 4 members (excludes halogenated alkanes) is 1. The summed E-state index contributed by atoms with van der Waals surface area (Å²) in [6.07, 6.45) is 3.06. The van der Waals surface area contributed by atoms with Gasteiger partial charge in [0.25, 0.3) is 0 Å². The Kier molecular flexibility index (Phi) is 7.76. The fourth-order valence-electron chi connectivity index (χ4n) is 3.03. The summed E-state index contributed by atoms with van der Waals surface area (Å²) < 4.78 is 17.2. The Bertz CT molecular complexity index is 568. The van der Waals surface area contributed by atoms with Gasteiger partial charge in [0.05, 0.1) is 11.2 Å². The molecular formula is C20H36BNO6. The van der Waals surface area contributed by atoms with Crippen molar-refractivity contribution in [2.45, 2.75) is 103 Å². The standard InChI is InChI=1S/C20H36BNO6/c1-9-12-20(15(23)24,22-16(25)26-17(2,3)4)13-10-11-14-21-27-18(5,6)19(7,8)28-21/h9H,1,10-14H2,2-8H3,(H,22,25)(H,23,24). The number of rotatable bonds is 9. The van der Waals surface area contributed by atoms with E-state index in [4.69, 9.17) is 14.0 Å². The van der Waals surface area contributed by atoms with Crippen LogP contribution in [0.2, 0.25) is 6.32 Å². The van der Waals surface area contributed by atoms with Gasteiger partial charge in [0, 0.05) is 0 Å². The number of hydrogen-bond acceptors (Lipinski definition) is 5. The molecule has 1 amide bonds. The van der Waals surface area contributed by atoms with Crippen molar-refractivity contribution < 1.29 is 28.7 Å². The number of carbonyl (C=O) groups is 2. The van der Waals surface area contributed by atoms with Crippen LogP contribution in [0.5, 0.6) is 0 Å². The lowest BCUT2D eigenvalue weighted by Crippen LogP contribution is -2.55. The van der Waals surface area contributed by atoms with Gasteiger partial charge in [-0.25, -0.2) is 9.59 Å². The largest absolute Gasteiger partial charge is 0.479 e. The fourth-order valence-corrected chi connectivity index (χ4v) is 3.03. The molecule has 1 rings (SSSR count). The lowest BCUT2D eigenvalue weighted by Gasteiger charge is -2.32. The van der Waals surface area contributed by atoms with E-state index in [-0.39, 0.29) is 31.2 Å². The Balaban J connectivity index is 2.67. The van der Waals surface area contributed by atoms with Gasteiger partial charge in [0.1, 0.15) is 11.1 Å². The van der Waals surface area contributed by atoms with Gasteiger partial charge in [-0.2, -0.15) is 0 Å². The molecular weight excluding hydrogens is 361 g/mol. The molecule has 1 saturated heterocycles. The zero-order chi connectivity index (χ0) is 21.8. The molecule has 1 fully saturated rings. The summed E-state index contributed by atoms with van der Waals surface area (Å²) in [4.78, 5) is 24.1. The molecule has 0 saturated carbocycles. The van der Waals surface area contributed by atoms with Crippen LogP contribution in [-0.4, -0.2) is 46.6 Å². The molecule has 160 valence electrons. The van der Waals surface area contributed by atoms with Crippen LogP contribution in [0.4, 0.5) is 4.79 Å². The van der Waals surface area contributed by atoms with E-state index in [0.717, 1.165) is 0 Å². The number of ether oxygens (including phenoxy) is 1. The maximum absolute atomic E-state index is 12.2. The Morgan fingerprint density at radius 2 is 1.68 bits per heavy atom. The normalized spacial score (nSPS) is 20.3. The summed E-state index contributed by atoms with van der Waals surface area (Å²) in [5.41, 5.74) is -2.92. The SMILES string of the molecule is C=CCC(CCCCB1OC(C)(C)C(C)(C)O1)(NC(=O)OC(C)(C)C)C(=O)O. The Hall–Kier alpha value is -1.54. The molecule has 0 aromatic carbocycles. The minimum absolute atomic E-state index is 0.109. The van der Waals surface area contributed by atoms with Crippen molar-refractivity contribution in [1.82, 2.24) is 5.32 Å². The fraction of sp³-hybridized carbons (Fsp3) is 0.800. The van der Waals surface area contributed by atoms with Crippen LogP contribution >= 0.6 is 0 Å². The van der Waals surface area contributed by atoms with E-state index in [1.165, 1.54) is 6.08 Å². The first-order chi connectivity index (χ1) is 12.6. The zero-order valence-electron chi connectivity index (χ0n) is 18.4. The smallest absolute Gasteiger partial charge is 0.457 e. The monoisotopic (exact) mass is 397 g/mol. The number of hydrogen-bond donors (Lipinski definition) is 2. The van der Waals surface area contributed by atoms with Crippen molar-refractivity contribution in [2.75, 3.05) is 0 Å². The topological polar surface area (TPSA) is 94.1 Å². The highest BCUT2D eigenvalue weighted by molar-refractivity contribution is 6.45. The summed E-state index contributed by atoms with van der Waals surface area (Å²) in [7, 11) is -0.317. The molecule has 1 aliphatic heterocycles. The molecule has 0 aromatic rings. The summed E-state index contributed by atoms with van der Waals surface area (Å²) in [6.45, 7) is 16.8. The van der Waals surface area contributed by atoms with Crippen LogP contribution in [0.3, 0.4) is 0 Å². The summed E-state index contributed by atoms with van der Waals surface area (Å²) in [6, 6.07) is 0. The van der Waals surface area contributed by atoms with Crippen molar-refractivity contribution in [3.8, 4) is 0 Å². The van der Waals surface area contributed by atoms with Crippen molar-refractivity contribution in [2.24, 2.45) is 0 Å². The molecule has 28 heavy (non-hydrogen) atoms. The first-order valence-corrected chi connectivity index (χ1v) is 9.85. The van der Waals surface area contributed by atoms with E-state index < -0.39 is 23.2 Å². The van der Waals surface area contributed by atoms with E-state index in [0.29, 0.717) is 19.2 Å². The molecule has 1 heterocycles. The molecule has 8 heteroatoms. The molecule has 0 bridgehead atoms. The molecule has 0 aliphatic carbocycles. The van der Waals surface area contributed by atoms with Crippen LogP contribution in [0, 0.1) is 0 Å². The Labute approximate surface area is 169 Å². The van der Waals surface area contributed by atoms with E-state index in [1.807, 2.05) is 27.7 Å². The third-order valence-electron chi connectivity index (χ3n) is 5.24. The number of nitrogens with one attached hydrogen (secondary N) is 1. The van der Waals surface area contributed by atoms with Gasteiger partial charge in [-0.05, 0) is 67.6 Å². The zero-order valence-corrected chi connectivity index (χ0v) is 18.4. The number of aliphatic carboxylic acids is 1. The van der Waals surface area contributed by atoms with Gasteiger partial charge >= 0.3 is 19.2 Å². The van der Waals surface area contributed by atoms with Gasteiger partial charge in [0.2, 0.25) is 0 Å². The van der Waals surface area contributed by atoms with Gasteiger partial charge < -0.3 is 24.5 Å². The van der Waals surface area contributed by atoms with Crippen molar-refractivity contribution in [3.05, 3.63) is 12.7 Å². The number of alkyl carbamates (subject to hydrolysis) is 1. The quantitative estimate of drug-likeness (QED) is 0.345. The predicted molar refractivity (Wildman–Crippen MR) is 109 cm³/mol. The molecule has 1 unspecified atom stereocenters. The molecule has 1 atom stereocenters. The number of carbonyl (C=O) groups excluding carboxylic acids is 1. The van der Waals surface area contributed by atoms with Crippen molar-refractivity contribution in [1.29, 1.82) is 0 Å². The molecule has 1 aliphatic rings. The Morgan fingerprint density at radius 1 is 1.14 bits per heavy atom. The molecule has 0 radical (unpaired) electrons. The second-order valence-electron chi connectivity index (χ2n) is 9.44. The first-order valence-electron chi connectivity index (χ1n) is 9.85. The Morgan fingerprint density at radius 3 is 2.11 bits per heavy atom. The second kappa shape index (κ2) is 8.86. The number of carboxylic acids is 1. The average molecular weight is 397 g/mol. The summed E-state index contributed by atoms with van der Waals surface area (Å²) in [5.74, 6) is -1.10. The average Bonchev–Trinajstić information content (AvgIpc) is 2.69. The maximum Gasteiger partial charge on any atom is 0.457 e. The highest BCUT2D eigenvalue weighted by atomic mass is 16.7. The van der Waals surface area contributed by atoms with Crippen molar-refractivity contribution >= 4 is 19.2 Å². The van der Waals surface area contributed by atoms with Gasteiger partial charge in [0.15, 0.2) is 0 Å². The summed E-state index contributed by atoms with van der Waals surface area (Å²) >= 11 is 0. The van der Waals surface area contributed by atoms with Crippen LogP contribution in [0.15, 0.2) is 12.7 Å². The number of carboxylic acid groups (broad SMARTS) is 1. The van der Waals surface area contributed by atoms with Crippen molar-refractivity contribution in [3.63, 3.8) is 0 Å². The third kappa shape index (κ3) is 6.52. The van der Waals surface area contributed by atoms with E-state index in [2.05, 4.69) is 11.9 Å². The summed E-state index contributed by atoms with van der Waals surface area (Å²) in [5, 5.41) is 12.3. The molecule has 0 aromatic heterocycles. The lowest BCUT2D eigenvalue weighted by atomic mass is 9.80. The predicted octanol–water partition coefficient (Wildman–Crippen LogP) is 4.17. The first kappa shape index (κ1) is 24.5. The van der Waals surface area contributed by atoms with Gasteiger partial charge in [-0.3, -0.25) is 0 Å². The lowest BCUT2D eigenvalue weighted by molar-refractivity contribution is -0.145. The third-order valence-corrected chi connectivity index (χ3v) is 5.24. The number of amides is 1.